The topological polar surface area (TPSA) is 101 Å². The summed E-state index contributed by atoms with van der Waals surface area (Å²) in [6.07, 6.45) is 7.16. The van der Waals surface area contributed by atoms with Crippen LogP contribution >= 0.6 is 0 Å². The quantitative estimate of drug-likeness (QED) is 0.484. The van der Waals surface area contributed by atoms with Crippen molar-refractivity contribution in [2.45, 2.75) is 120 Å². The first kappa shape index (κ1) is 30.4. The highest BCUT2D eigenvalue weighted by Gasteiger charge is 2.61. The summed E-state index contributed by atoms with van der Waals surface area (Å²) >= 11 is 0. The van der Waals surface area contributed by atoms with E-state index >= 15 is 4.39 Å². The van der Waals surface area contributed by atoms with E-state index in [0.717, 1.165) is 19.3 Å². The van der Waals surface area contributed by atoms with E-state index in [1.54, 1.807) is 4.90 Å². The number of nitrogens with zero attached hydrogens (tertiary/aromatic N) is 3. The van der Waals surface area contributed by atoms with Crippen LogP contribution in [0.3, 0.4) is 0 Å². The van der Waals surface area contributed by atoms with E-state index in [1.165, 1.54) is 19.3 Å². The van der Waals surface area contributed by atoms with E-state index in [-0.39, 0.29) is 47.9 Å². The van der Waals surface area contributed by atoms with Crippen LogP contribution in [0.4, 0.5) is 9.18 Å². The Balaban J connectivity index is 1.18. The Hall–Kier alpha value is -2.24. The van der Waals surface area contributed by atoms with Crippen molar-refractivity contribution in [1.29, 1.82) is 0 Å². The van der Waals surface area contributed by atoms with Gasteiger partial charge in [0.2, 0.25) is 0 Å². The molecule has 4 heterocycles. The second-order valence-corrected chi connectivity index (χ2v) is 15.1. The number of carbonyl (C=O) groups is 3. The Kier molecular flexibility index (Phi) is 8.19. The van der Waals surface area contributed by atoms with Crippen molar-refractivity contribution in [3.63, 3.8) is 0 Å². The third kappa shape index (κ3) is 5.55. The van der Waals surface area contributed by atoms with E-state index < -0.39 is 35.9 Å². The smallest absolute Gasteiger partial charge is 0.407 e. The van der Waals surface area contributed by atoms with E-state index in [4.69, 9.17) is 14.2 Å². The van der Waals surface area contributed by atoms with Gasteiger partial charge in [-0.3, -0.25) is 14.5 Å². The van der Waals surface area contributed by atoms with E-state index in [1.807, 2.05) is 27.0 Å². The molecule has 0 aromatic rings. The molecule has 0 aromatic heterocycles. The van der Waals surface area contributed by atoms with E-state index in [2.05, 4.69) is 15.1 Å². The molecule has 0 aromatic carbocycles. The molecule has 7 rings (SSSR count). The molecule has 0 radical (unpaired) electrons. The van der Waals surface area contributed by atoms with Crippen LogP contribution in [-0.2, 0) is 23.8 Å². The molecule has 1 N–H and O–H groups in total. The molecule has 6 fully saturated rings. The lowest BCUT2D eigenvalue weighted by Crippen LogP contribution is -2.74. The Bertz CT molecular complexity index is 1170. The molecule has 11 heteroatoms. The summed E-state index contributed by atoms with van der Waals surface area (Å²) in [6, 6.07) is -0.896. The maximum absolute atomic E-state index is 16.5. The van der Waals surface area contributed by atoms with Gasteiger partial charge < -0.3 is 29.3 Å². The molecule has 44 heavy (non-hydrogen) atoms. The third-order valence-electron chi connectivity index (χ3n) is 11.4. The second-order valence-electron chi connectivity index (χ2n) is 15.1. The first-order valence-corrected chi connectivity index (χ1v) is 17.0. The van der Waals surface area contributed by atoms with Crippen molar-refractivity contribution in [3.8, 4) is 0 Å². The number of alkyl carbamates (subject to hydrolysis) is 1. The lowest BCUT2D eigenvalue weighted by molar-refractivity contribution is -0.231. The van der Waals surface area contributed by atoms with Crippen LogP contribution in [0.2, 0.25) is 0 Å². The van der Waals surface area contributed by atoms with Crippen molar-refractivity contribution in [1.82, 2.24) is 20.0 Å². The van der Waals surface area contributed by atoms with Gasteiger partial charge in [0, 0.05) is 44.3 Å². The van der Waals surface area contributed by atoms with Crippen molar-refractivity contribution in [3.05, 3.63) is 11.8 Å². The monoisotopic (exact) mass is 616 g/mol. The average Bonchev–Trinajstić information content (AvgIpc) is 3.44. The number of halogens is 1. The van der Waals surface area contributed by atoms with Gasteiger partial charge >= 0.3 is 6.09 Å². The van der Waals surface area contributed by atoms with Gasteiger partial charge in [0.1, 0.15) is 11.8 Å². The number of nitrogens with one attached hydrogen (secondary N) is 1. The molecule has 3 saturated heterocycles. The highest BCUT2D eigenvalue weighted by Crippen LogP contribution is 2.51. The molecule has 7 aliphatic rings. The lowest BCUT2D eigenvalue weighted by Gasteiger charge is -2.62. The van der Waals surface area contributed by atoms with Crippen LogP contribution < -0.4 is 5.32 Å². The molecule has 9 unspecified atom stereocenters. The van der Waals surface area contributed by atoms with Crippen LogP contribution in [0, 0.1) is 17.8 Å². The normalized spacial score (nSPS) is 40.8. The van der Waals surface area contributed by atoms with Gasteiger partial charge in [0.15, 0.2) is 5.78 Å². The molecule has 10 nitrogen and oxygen atoms in total. The minimum atomic E-state index is -1.28. The summed E-state index contributed by atoms with van der Waals surface area (Å²) in [5.41, 5.74) is -0.396. The number of ketones is 1. The molecule has 3 saturated carbocycles. The van der Waals surface area contributed by atoms with Gasteiger partial charge in [-0.1, -0.05) is 19.3 Å². The minimum Gasteiger partial charge on any atom is -0.444 e. The molecule has 244 valence electrons. The summed E-state index contributed by atoms with van der Waals surface area (Å²) in [7, 11) is 0. The van der Waals surface area contributed by atoms with Crippen LogP contribution in [0.15, 0.2) is 11.8 Å². The summed E-state index contributed by atoms with van der Waals surface area (Å²) in [4.78, 5) is 46.4. The highest BCUT2D eigenvalue weighted by molar-refractivity contribution is 6.20. The van der Waals surface area contributed by atoms with Gasteiger partial charge in [0.05, 0.1) is 49.1 Å². The maximum Gasteiger partial charge on any atom is 0.407 e. The fraction of sp³-hybridized carbons (Fsp3) is 0.848. The van der Waals surface area contributed by atoms with Crippen molar-refractivity contribution >= 4 is 17.8 Å². The van der Waals surface area contributed by atoms with Crippen molar-refractivity contribution < 1.29 is 33.0 Å². The SMILES string of the molecule is CC(C)(C)OC(=O)N[C@@H]1CCN(C2C(F)CC3C(=O)C(C(=O)N4CCOCC4)=CN4C5CCC6CCCCC6C5OC2C34)C1. The van der Waals surface area contributed by atoms with Crippen LogP contribution in [0.25, 0.3) is 0 Å². The number of hydrogen-bond donors (Lipinski definition) is 1. The summed E-state index contributed by atoms with van der Waals surface area (Å²) in [5, 5.41) is 2.98. The molecule has 4 aliphatic heterocycles. The fourth-order valence-electron chi connectivity index (χ4n) is 9.51. The minimum absolute atomic E-state index is 0.0498. The zero-order valence-electron chi connectivity index (χ0n) is 26.4. The predicted octanol–water partition coefficient (Wildman–Crippen LogP) is 3.04. The van der Waals surface area contributed by atoms with Gasteiger partial charge in [-0.2, -0.15) is 0 Å². The number of alkyl halides is 1. The number of Topliss-reactive ketones (excluding diaryl/α,β-unsaturated/α-hetero) is 1. The Morgan fingerprint density at radius 2 is 1.77 bits per heavy atom. The zero-order chi connectivity index (χ0) is 30.7. The first-order valence-electron chi connectivity index (χ1n) is 17.0. The molecule has 2 amide bonds. The Labute approximate surface area is 260 Å². The number of ether oxygens (including phenoxy) is 3. The zero-order valence-corrected chi connectivity index (χ0v) is 26.4. The number of likely N-dealkylation sites (tertiary alicyclic amines) is 1. The largest absolute Gasteiger partial charge is 0.444 e. The van der Waals surface area contributed by atoms with Crippen molar-refractivity contribution in [2.24, 2.45) is 17.8 Å². The summed E-state index contributed by atoms with van der Waals surface area (Å²) in [5.74, 6) is -0.102. The Morgan fingerprint density at radius 3 is 2.55 bits per heavy atom. The van der Waals surface area contributed by atoms with Crippen LogP contribution in [0.5, 0.6) is 0 Å². The van der Waals surface area contributed by atoms with Gasteiger partial charge in [-0.05, 0) is 64.7 Å². The van der Waals surface area contributed by atoms with Gasteiger partial charge in [-0.25, -0.2) is 9.18 Å². The molecule has 10 atom stereocenters. The van der Waals surface area contributed by atoms with Gasteiger partial charge in [0.25, 0.3) is 5.91 Å². The van der Waals surface area contributed by atoms with E-state index in [0.29, 0.717) is 57.6 Å². The fourth-order valence-corrected chi connectivity index (χ4v) is 9.51. The number of carbonyl (C=O) groups excluding carboxylic acids is 3. The van der Waals surface area contributed by atoms with Crippen molar-refractivity contribution in [2.75, 3.05) is 39.4 Å². The number of morpholine rings is 2. The highest BCUT2D eigenvalue weighted by atomic mass is 19.1. The third-order valence-corrected chi connectivity index (χ3v) is 11.4. The number of rotatable bonds is 3. The van der Waals surface area contributed by atoms with Gasteiger partial charge in [-0.15, -0.1) is 0 Å². The Morgan fingerprint density at radius 1 is 1.00 bits per heavy atom. The lowest BCUT2D eigenvalue weighted by atomic mass is 9.64. The predicted molar refractivity (Wildman–Crippen MR) is 159 cm³/mol. The number of fused-ring (bicyclic) bond motifs is 4. The molecule has 0 bridgehead atoms. The maximum atomic E-state index is 16.5. The van der Waals surface area contributed by atoms with Crippen LogP contribution in [-0.4, -0.2) is 120 Å². The first-order chi connectivity index (χ1) is 21.1. The summed E-state index contributed by atoms with van der Waals surface area (Å²) < 4.78 is 34.6. The van der Waals surface area contributed by atoms with E-state index in [9.17, 15) is 14.4 Å². The van der Waals surface area contributed by atoms with Crippen LogP contribution in [0.1, 0.15) is 72.1 Å². The summed E-state index contributed by atoms with van der Waals surface area (Å²) in [6.45, 7) is 8.48. The molecular weight excluding hydrogens is 567 g/mol. The number of amides is 2. The standard InChI is InChI=1S/C33H49FN4O6/c1-33(2,3)44-32(41)35-20-10-11-37(17-20)27-24(34)16-22-26-30(27)43-29-21-7-5-4-6-19(21)8-9-25(29)38(26)18-23(28(22)39)31(40)36-12-14-42-15-13-36/h18-22,24-27,29-30H,4-17H2,1-3H3,(H,35,41)/t19?,20-,21?,22?,24?,25?,26?,27?,29?,30?/m1/s1. The number of hydrogen-bond acceptors (Lipinski definition) is 8. The molecule has 3 aliphatic carbocycles. The molecule has 0 spiro atoms. The molecular formula is C33H49FN4O6. The second kappa shape index (κ2) is 11.8. The average molecular weight is 617 g/mol.